The van der Waals surface area contributed by atoms with Crippen molar-refractivity contribution in [2.75, 3.05) is 6.54 Å². The van der Waals surface area contributed by atoms with Gasteiger partial charge in [-0.1, -0.05) is 30.3 Å². The van der Waals surface area contributed by atoms with Crippen molar-refractivity contribution in [1.82, 2.24) is 15.2 Å². The van der Waals surface area contributed by atoms with E-state index >= 15 is 0 Å². The maximum absolute atomic E-state index is 12.4. The summed E-state index contributed by atoms with van der Waals surface area (Å²) in [5.74, 6) is -0.835. The number of aromatic nitrogens is 1. The Hall–Kier alpha value is -2.93. The lowest BCUT2D eigenvalue weighted by atomic mass is 10.2. The first-order chi connectivity index (χ1) is 12.1. The van der Waals surface area contributed by atoms with Gasteiger partial charge in [-0.05, 0) is 41.1 Å². The third kappa shape index (κ3) is 4.33. The van der Waals surface area contributed by atoms with Gasteiger partial charge in [0.05, 0.1) is 4.91 Å². The highest BCUT2D eigenvalue weighted by Gasteiger charge is 2.36. The summed E-state index contributed by atoms with van der Waals surface area (Å²) in [5.41, 5.74) is 1.72. The van der Waals surface area contributed by atoms with Gasteiger partial charge in [0.25, 0.3) is 11.1 Å². The molecule has 0 unspecified atom stereocenters. The zero-order valence-corrected chi connectivity index (χ0v) is 14.0. The molecule has 0 aliphatic carbocycles. The van der Waals surface area contributed by atoms with Gasteiger partial charge in [-0.2, -0.15) is 0 Å². The first-order valence-corrected chi connectivity index (χ1v) is 8.41. The topological polar surface area (TPSA) is 79.4 Å². The van der Waals surface area contributed by atoms with Crippen LogP contribution < -0.4 is 5.32 Å². The van der Waals surface area contributed by atoms with Crippen LogP contribution in [0.4, 0.5) is 4.79 Å². The zero-order chi connectivity index (χ0) is 17.6. The van der Waals surface area contributed by atoms with Gasteiger partial charge in [0.2, 0.25) is 5.91 Å². The summed E-state index contributed by atoms with van der Waals surface area (Å²) in [4.78, 5) is 41.6. The standard InChI is InChI=1S/C18H15N3O3S/c22-16(20-11-14-6-8-19-9-7-14)12-21-17(23)15(25-18(21)24)10-13-4-2-1-3-5-13/h1-10H,11-12H2,(H,20,22)/b15-10+. The molecule has 25 heavy (non-hydrogen) atoms. The van der Waals surface area contributed by atoms with Crippen LogP contribution in [-0.2, 0) is 16.1 Å². The summed E-state index contributed by atoms with van der Waals surface area (Å²) in [6.07, 6.45) is 4.92. The largest absolute Gasteiger partial charge is 0.350 e. The highest BCUT2D eigenvalue weighted by atomic mass is 32.2. The van der Waals surface area contributed by atoms with Crippen molar-refractivity contribution >= 4 is 34.9 Å². The van der Waals surface area contributed by atoms with Gasteiger partial charge in [0.15, 0.2) is 0 Å². The molecule has 0 atom stereocenters. The van der Waals surface area contributed by atoms with Crippen molar-refractivity contribution in [2.24, 2.45) is 0 Å². The van der Waals surface area contributed by atoms with E-state index in [9.17, 15) is 14.4 Å². The molecule has 1 aliphatic heterocycles. The van der Waals surface area contributed by atoms with E-state index in [1.165, 1.54) is 0 Å². The fraction of sp³-hybridized carbons (Fsp3) is 0.111. The van der Waals surface area contributed by atoms with Crippen molar-refractivity contribution in [2.45, 2.75) is 6.54 Å². The Labute approximate surface area is 148 Å². The number of rotatable bonds is 5. The summed E-state index contributed by atoms with van der Waals surface area (Å²) in [5, 5.41) is 2.25. The van der Waals surface area contributed by atoms with Gasteiger partial charge < -0.3 is 5.32 Å². The Morgan fingerprint density at radius 2 is 1.84 bits per heavy atom. The summed E-state index contributed by atoms with van der Waals surface area (Å²) in [6.45, 7) is 0.0271. The number of benzene rings is 1. The lowest BCUT2D eigenvalue weighted by molar-refractivity contribution is -0.129. The van der Waals surface area contributed by atoms with Crippen LogP contribution in [0.25, 0.3) is 6.08 Å². The summed E-state index contributed by atoms with van der Waals surface area (Å²) in [6, 6.07) is 12.8. The molecule has 2 aromatic rings. The fourth-order valence-corrected chi connectivity index (χ4v) is 3.08. The normalized spacial score (nSPS) is 15.7. The molecule has 0 bridgehead atoms. The van der Waals surface area contributed by atoms with Crippen molar-refractivity contribution in [3.63, 3.8) is 0 Å². The van der Waals surface area contributed by atoms with E-state index in [-0.39, 0.29) is 12.5 Å². The number of hydrogen-bond donors (Lipinski definition) is 1. The van der Waals surface area contributed by atoms with Gasteiger partial charge in [0.1, 0.15) is 6.54 Å². The average Bonchev–Trinajstić information content (AvgIpc) is 2.89. The number of imide groups is 1. The smallest absolute Gasteiger partial charge is 0.294 e. The molecule has 1 aromatic heterocycles. The van der Waals surface area contributed by atoms with Gasteiger partial charge in [-0.3, -0.25) is 24.3 Å². The number of carbonyl (C=O) groups excluding carboxylic acids is 3. The highest BCUT2D eigenvalue weighted by Crippen LogP contribution is 2.31. The molecule has 6 nitrogen and oxygen atoms in total. The molecule has 3 rings (SSSR count). The lowest BCUT2D eigenvalue weighted by Gasteiger charge is -2.12. The average molecular weight is 353 g/mol. The summed E-state index contributed by atoms with van der Waals surface area (Å²) >= 11 is 0.843. The fourth-order valence-electron chi connectivity index (χ4n) is 2.24. The van der Waals surface area contributed by atoms with E-state index in [2.05, 4.69) is 10.3 Å². The molecule has 1 saturated heterocycles. The Bertz CT molecular complexity index is 822. The van der Waals surface area contributed by atoms with Crippen molar-refractivity contribution in [1.29, 1.82) is 0 Å². The molecule has 126 valence electrons. The second-order valence-electron chi connectivity index (χ2n) is 5.31. The molecule has 2 heterocycles. The van der Waals surface area contributed by atoms with Crippen LogP contribution in [-0.4, -0.2) is 33.5 Å². The Kier molecular flexibility index (Phi) is 5.25. The highest BCUT2D eigenvalue weighted by molar-refractivity contribution is 8.18. The van der Waals surface area contributed by atoms with Crippen molar-refractivity contribution in [3.05, 3.63) is 70.9 Å². The van der Waals surface area contributed by atoms with Crippen molar-refractivity contribution in [3.8, 4) is 0 Å². The van der Waals surface area contributed by atoms with E-state index in [1.807, 2.05) is 30.3 Å². The van der Waals surface area contributed by atoms with Crippen LogP contribution in [0.2, 0.25) is 0 Å². The van der Waals surface area contributed by atoms with E-state index in [0.717, 1.165) is 27.8 Å². The van der Waals surface area contributed by atoms with E-state index in [1.54, 1.807) is 30.6 Å². The molecule has 0 radical (unpaired) electrons. The molecule has 0 saturated carbocycles. The number of pyridine rings is 1. The Morgan fingerprint density at radius 1 is 1.12 bits per heavy atom. The predicted octanol–water partition coefficient (Wildman–Crippen LogP) is 2.43. The number of hydrogen-bond acceptors (Lipinski definition) is 5. The second kappa shape index (κ2) is 7.76. The molecule has 1 aliphatic rings. The van der Waals surface area contributed by atoms with Crippen LogP contribution in [0.5, 0.6) is 0 Å². The van der Waals surface area contributed by atoms with Gasteiger partial charge in [-0.25, -0.2) is 0 Å². The summed E-state index contributed by atoms with van der Waals surface area (Å²) < 4.78 is 0. The second-order valence-corrected chi connectivity index (χ2v) is 6.30. The quantitative estimate of drug-likeness (QED) is 0.835. The molecule has 1 N–H and O–H groups in total. The van der Waals surface area contributed by atoms with Crippen LogP contribution in [0.15, 0.2) is 59.8 Å². The first kappa shape index (κ1) is 16.9. The Balaban J connectivity index is 1.61. The minimum absolute atomic E-state index is 0.290. The molecule has 3 amide bonds. The van der Waals surface area contributed by atoms with Gasteiger partial charge in [0, 0.05) is 18.9 Å². The minimum Gasteiger partial charge on any atom is -0.350 e. The van der Waals surface area contributed by atoms with Crippen molar-refractivity contribution < 1.29 is 14.4 Å². The maximum Gasteiger partial charge on any atom is 0.294 e. The van der Waals surface area contributed by atoms with E-state index in [4.69, 9.17) is 0 Å². The number of nitrogens with zero attached hydrogens (tertiary/aromatic N) is 2. The lowest BCUT2D eigenvalue weighted by Crippen LogP contribution is -2.39. The third-order valence-corrected chi connectivity index (χ3v) is 4.42. The van der Waals surface area contributed by atoms with Crippen LogP contribution in [0, 0.1) is 0 Å². The first-order valence-electron chi connectivity index (χ1n) is 7.59. The third-order valence-electron chi connectivity index (χ3n) is 3.51. The van der Waals surface area contributed by atoms with E-state index in [0.29, 0.717) is 11.4 Å². The molecule has 1 fully saturated rings. The number of carbonyl (C=O) groups is 3. The maximum atomic E-state index is 12.4. The number of amides is 3. The molecular formula is C18H15N3O3S. The van der Waals surface area contributed by atoms with Gasteiger partial charge >= 0.3 is 0 Å². The van der Waals surface area contributed by atoms with Gasteiger partial charge in [-0.15, -0.1) is 0 Å². The SMILES string of the molecule is O=C(CN1C(=O)S/C(=C/c2ccccc2)C1=O)NCc1ccncc1. The minimum atomic E-state index is -0.446. The summed E-state index contributed by atoms with van der Waals surface area (Å²) in [7, 11) is 0. The van der Waals surface area contributed by atoms with E-state index < -0.39 is 11.1 Å². The Morgan fingerprint density at radius 3 is 2.56 bits per heavy atom. The number of nitrogens with one attached hydrogen (secondary N) is 1. The predicted molar refractivity (Wildman–Crippen MR) is 95.2 cm³/mol. The molecular weight excluding hydrogens is 338 g/mol. The monoisotopic (exact) mass is 353 g/mol. The van der Waals surface area contributed by atoms with Crippen LogP contribution in [0.3, 0.4) is 0 Å². The number of thioether (sulfide) groups is 1. The molecule has 7 heteroatoms. The van der Waals surface area contributed by atoms with Crippen LogP contribution >= 0.6 is 11.8 Å². The molecule has 1 aromatic carbocycles. The molecule has 0 spiro atoms. The van der Waals surface area contributed by atoms with Crippen LogP contribution in [0.1, 0.15) is 11.1 Å². The zero-order valence-electron chi connectivity index (χ0n) is 13.2.